The molecule has 0 saturated heterocycles. The SMILES string of the molecule is CC(C)CC1CN=C(NCC(C)(C)c2cccs2)S1. The molecule has 1 atom stereocenters. The average Bonchev–Trinajstić information content (AvgIpc) is 2.96. The lowest BCUT2D eigenvalue weighted by Crippen LogP contribution is -2.34. The van der Waals surface area contributed by atoms with Crippen LogP contribution in [0.3, 0.4) is 0 Å². The first-order valence-electron chi connectivity index (χ1n) is 6.96. The minimum absolute atomic E-state index is 0.174. The topological polar surface area (TPSA) is 24.4 Å². The third kappa shape index (κ3) is 4.25. The Morgan fingerprint density at radius 3 is 2.89 bits per heavy atom. The summed E-state index contributed by atoms with van der Waals surface area (Å²) < 4.78 is 0. The van der Waals surface area contributed by atoms with E-state index in [1.54, 1.807) is 0 Å². The van der Waals surface area contributed by atoms with Gasteiger partial charge in [-0.3, -0.25) is 4.99 Å². The fourth-order valence-electron chi connectivity index (χ4n) is 2.21. The molecule has 0 fully saturated rings. The van der Waals surface area contributed by atoms with Gasteiger partial charge in [0.05, 0.1) is 6.54 Å². The van der Waals surface area contributed by atoms with Crippen LogP contribution in [0.25, 0.3) is 0 Å². The summed E-state index contributed by atoms with van der Waals surface area (Å²) in [7, 11) is 0. The van der Waals surface area contributed by atoms with Gasteiger partial charge < -0.3 is 5.32 Å². The fourth-order valence-corrected chi connectivity index (χ4v) is 4.31. The summed E-state index contributed by atoms with van der Waals surface area (Å²) in [6, 6.07) is 4.35. The zero-order valence-corrected chi connectivity index (χ0v) is 13.9. The Morgan fingerprint density at radius 2 is 2.26 bits per heavy atom. The molecule has 1 aromatic rings. The molecule has 0 spiro atoms. The highest BCUT2D eigenvalue weighted by atomic mass is 32.2. The number of rotatable bonds is 5. The molecule has 0 aromatic carbocycles. The molecule has 0 bridgehead atoms. The predicted octanol–water partition coefficient (Wildman–Crippen LogP) is 4.13. The first-order chi connectivity index (χ1) is 8.97. The number of amidine groups is 1. The summed E-state index contributed by atoms with van der Waals surface area (Å²) in [5.41, 5.74) is 0.174. The summed E-state index contributed by atoms with van der Waals surface area (Å²) in [5.74, 6) is 0.759. The van der Waals surface area contributed by atoms with Gasteiger partial charge in [0.25, 0.3) is 0 Å². The van der Waals surface area contributed by atoms with E-state index in [9.17, 15) is 0 Å². The maximum Gasteiger partial charge on any atom is 0.156 e. The van der Waals surface area contributed by atoms with Crippen molar-refractivity contribution in [2.45, 2.75) is 44.8 Å². The number of nitrogens with one attached hydrogen (secondary N) is 1. The molecule has 1 N–H and O–H groups in total. The number of thiophene rings is 1. The summed E-state index contributed by atoms with van der Waals surface area (Å²) >= 11 is 3.75. The zero-order chi connectivity index (χ0) is 13.9. The Hall–Kier alpha value is -0.480. The number of hydrogen-bond acceptors (Lipinski definition) is 4. The molecule has 2 rings (SSSR count). The average molecular weight is 297 g/mol. The maximum absolute atomic E-state index is 4.63. The molecule has 0 radical (unpaired) electrons. The van der Waals surface area contributed by atoms with E-state index in [1.807, 2.05) is 23.1 Å². The van der Waals surface area contributed by atoms with Crippen molar-refractivity contribution in [3.63, 3.8) is 0 Å². The summed E-state index contributed by atoms with van der Waals surface area (Å²) in [6.45, 7) is 11.1. The summed E-state index contributed by atoms with van der Waals surface area (Å²) in [6.07, 6.45) is 1.26. The standard InChI is InChI=1S/C15H24N2S2/c1-11(2)8-12-9-16-14(19-12)17-10-15(3,4)13-6-5-7-18-13/h5-7,11-12H,8-10H2,1-4H3,(H,16,17). The van der Waals surface area contributed by atoms with Crippen molar-refractivity contribution in [3.8, 4) is 0 Å². The Balaban J connectivity index is 1.81. The quantitative estimate of drug-likeness (QED) is 0.883. The van der Waals surface area contributed by atoms with Crippen LogP contribution >= 0.6 is 23.1 Å². The van der Waals surface area contributed by atoms with Crippen LogP contribution in [0, 0.1) is 5.92 Å². The van der Waals surface area contributed by atoms with Gasteiger partial charge in [-0.05, 0) is 23.8 Å². The fraction of sp³-hybridized carbons (Fsp3) is 0.667. The van der Waals surface area contributed by atoms with Gasteiger partial charge in [0.1, 0.15) is 0 Å². The van der Waals surface area contributed by atoms with Crippen LogP contribution in [0.4, 0.5) is 0 Å². The Kier molecular flexibility index (Phi) is 4.96. The first kappa shape index (κ1) is 14.9. The van der Waals surface area contributed by atoms with E-state index in [-0.39, 0.29) is 5.41 Å². The highest BCUT2D eigenvalue weighted by Crippen LogP contribution is 2.29. The minimum atomic E-state index is 0.174. The molecule has 2 heterocycles. The van der Waals surface area contributed by atoms with E-state index in [2.05, 4.69) is 55.5 Å². The number of aliphatic imine (C=N–C) groups is 1. The molecule has 2 nitrogen and oxygen atoms in total. The lowest BCUT2D eigenvalue weighted by molar-refractivity contribution is 0.525. The largest absolute Gasteiger partial charge is 0.364 e. The van der Waals surface area contributed by atoms with Gasteiger partial charge in [-0.2, -0.15) is 0 Å². The number of thioether (sulfide) groups is 1. The second-order valence-corrected chi connectivity index (χ2v) is 8.47. The van der Waals surface area contributed by atoms with Crippen LogP contribution in [0.2, 0.25) is 0 Å². The minimum Gasteiger partial charge on any atom is -0.364 e. The van der Waals surface area contributed by atoms with E-state index in [4.69, 9.17) is 0 Å². The van der Waals surface area contributed by atoms with Gasteiger partial charge in [0.2, 0.25) is 0 Å². The smallest absolute Gasteiger partial charge is 0.156 e. The van der Waals surface area contributed by atoms with E-state index < -0.39 is 0 Å². The van der Waals surface area contributed by atoms with Crippen molar-refractivity contribution >= 4 is 28.3 Å². The van der Waals surface area contributed by atoms with Crippen molar-refractivity contribution in [2.24, 2.45) is 10.9 Å². The van der Waals surface area contributed by atoms with Crippen molar-refractivity contribution in [3.05, 3.63) is 22.4 Å². The van der Waals surface area contributed by atoms with Crippen LogP contribution < -0.4 is 5.32 Å². The van der Waals surface area contributed by atoms with Gasteiger partial charge in [0, 0.05) is 22.1 Å². The van der Waals surface area contributed by atoms with Crippen LogP contribution in [0.15, 0.2) is 22.5 Å². The molecule has 1 aliphatic heterocycles. The lowest BCUT2D eigenvalue weighted by Gasteiger charge is -2.24. The third-order valence-corrected chi connectivity index (χ3v) is 5.73. The Labute approximate surface area is 125 Å². The van der Waals surface area contributed by atoms with E-state index in [0.717, 1.165) is 24.2 Å². The van der Waals surface area contributed by atoms with Crippen LogP contribution in [-0.2, 0) is 5.41 Å². The summed E-state index contributed by atoms with van der Waals surface area (Å²) in [5, 5.41) is 7.49. The van der Waals surface area contributed by atoms with Crippen molar-refractivity contribution in [2.75, 3.05) is 13.1 Å². The third-order valence-electron chi connectivity index (χ3n) is 3.32. The van der Waals surface area contributed by atoms with Gasteiger partial charge in [0.15, 0.2) is 5.17 Å². The molecule has 0 aliphatic carbocycles. The maximum atomic E-state index is 4.63. The lowest BCUT2D eigenvalue weighted by atomic mass is 9.92. The van der Waals surface area contributed by atoms with Gasteiger partial charge >= 0.3 is 0 Å². The summed E-state index contributed by atoms with van der Waals surface area (Å²) in [4.78, 5) is 6.06. The van der Waals surface area contributed by atoms with Crippen molar-refractivity contribution in [1.29, 1.82) is 0 Å². The second-order valence-electron chi connectivity index (χ2n) is 6.23. The molecule has 1 aromatic heterocycles. The monoisotopic (exact) mass is 296 g/mol. The molecule has 1 aliphatic rings. The Bertz CT molecular complexity index is 421. The van der Waals surface area contributed by atoms with Crippen molar-refractivity contribution < 1.29 is 0 Å². The van der Waals surface area contributed by atoms with Crippen LogP contribution in [-0.4, -0.2) is 23.5 Å². The van der Waals surface area contributed by atoms with Crippen LogP contribution in [0.5, 0.6) is 0 Å². The second kappa shape index (κ2) is 6.31. The van der Waals surface area contributed by atoms with Crippen LogP contribution in [0.1, 0.15) is 39.0 Å². The first-order valence-corrected chi connectivity index (χ1v) is 8.72. The number of nitrogens with zero attached hydrogens (tertiary/aromatic N) is 1. The van der Waals surface area contributed by atoms with Gasteiger partial charge in [-0.15, -0.1) is 11.3 Å². The molecule has 106 valence electrons. The molecular formula is C15H24N2S2. The number of hydrogen-bond donors (Lipinski definition) is 1. The predicted molar refractivity (Wildman–Crippen MR) is 88.5 cm³/mol. The zero-order valence-electron chi connectivity index (χ0n) is 12.3. The van der Waals surface area contributed by atoms with Crippen molar-refractivity contribution in [1.82, 2.24) is 5.32 Å². The van der Waals surface area contributed by atoms with Gasteiger partial charge in [-0.1, -0.05) is 45.5 Å². The van der Waals surface area contributed by atoms with E-state index in [1.165, 1.54) is 11.3 Å². The molecular weight excluding hydrogens is 272 g/mol. The normalized spacial score (nSPS) is 19.8. The molecule has 0 amide bonds. The van der Waals surface area contributed by atoms with E-state index in [0.29, 0.717) is 5.25 Å². The molecule has 19 heavy (non-hydrogen) atoms. The molecule has 4 heteroatoms. The highest BCUT2D eigenvalue weighted by Gasteiger charge is 2.25. The van der Waals surface area contributed by atoms with E-state index >= 15 is 0 Å². The molecule has 0 saturated carbocycles. The van der Waals surface area contributed by atoms with Gasteiger partial charge in [-0.25, -0.2) is 0 Å². The Morgan fingerprint density at radius 1 is 1.47 bits per heavy atom. The molecule has 1 unspecified atom stereocenters. The highest BCUT2D eigenvalue weighted by molar-refractivity contribution is 8.14.